The zero-order chi connectivity index (χ0) is 31.0. The van der Waals surface area contributed by atoms with Gasteiger partial charge in [0.05, 0.1) is 0 Å². The SMILES string of the molecule is CCCCCCCCCCCCCCCCCCOCCCNCCCOCCCCCCCCCCCCCCCC. The van der Waals surface area contributed by atoms with Crippen molar-refractivity contribution in [2.45, 2.75) is 219 Å². The summed E-state index contributed by atoms with van der Waals surface area (Å²) in [5.41, 5.74) is 0. The molecular weight excluding hydrogens is 526 g/mol. The molecule has 0 saturated carbocycles. The molecule has 0 saturated heterocycles. The van der Waals surface area contributed by atoms with Crippen LogP contribution in [0.5, 0.6) is 0 Å². The van der Waals surface area contributed by atoms with Gasteiger partial charge in [0.15, 0.2) is 0 Å². The van der Waals surface area contributed by atoms with Crippen molar-refractivity contribution in [3.63, 3.8) is 0 Å². The van der Waals surface area contributed by atoms with E-state index >= 15 is 0 Å². The van der Waals surface area contributed by atoms with E-state index < -0.39 is 0 Å². The first-order valence-corrected chi connectivity index (χ1v) is 20.3. The van der Waals surface area contributed by atoms with Crippen molar-refractivity contribution >= 4 is 0 Å². The summed E-state index contributed by atoms with van der Waals surface area (Å²) < 4.78 is 11.7. The van der Waals surface area contributed by atoms with Gasteiger partial charge in [0.25, 0.3) is 0 Å². The molecule has 0 bridgehead atoms. The molecule has 0 aliphatic rings. The van der Waals surface area contributed by atoms with Gasteiger partial charge < -0.3 is 14.8 Å². The van der Waals surface area contributed by atoms with Gasteiger partial charge in [-0.2, -0.15) is 0 Å². The van der Waals surface area contributed by atoms with Crippen LogP contribution in [0.1, 0.15) is 219 Å². The van der Waals surface area contributed by atoms with Gasteiger partial charge >= 0.3 is 0 Å². The van der Waals surface area contributed by atoms with E-state index in [1.54, 1.807) is 0 Å². The van der Waals surface area contributed by atoms with E-state index in [0.29, 0.717) is 0 Å². The summed E-state index contributed by atoms with van der Waals surface area (Å²) in [6.07, 6.45) is 44.9. The van der Waals surface area contributed by atoms with Crippen LogP contribution in [0.25, 0.3) is 0 Å². The van der Waals surface area contributed by atoms with Crippen molar-refractivity contribution in [3.05, 3.63) is 0 Å². The second-order valence-corrected chi connectivity index (χ2v) is 13.6. The molecule has 0 aromatic carbocycles. The van der Waals surface area contributed by atoms with Crippen LogP contribution >= 0.6 is 0 Å². The Morgan fingerprint density at radius 2 is 0.465 bits per heavy atom. The van der Waals surface area contributed by atoms with E-state index in [1.807, 2.05) is 0 Å². The lowest BCUT2D eigenvalue weighted by atomic mass is 10.0. The van der Waals surface area contributed by atoms with E-state index in [1.165, 1.54) is 193 Å². The Hall–Kier alpha value is -0.120. The number of hydrogen-bond acceptors (Lipinski definition) is 3. The molecule has 0 radical (unpaired) electrons. The van der Waals surface area contributed by atoms with Gasteiger partial charge in [0.2, 0.25) is 0 Å². The molecule has 3 heteroatoms. The van der Waals surface area contributed by atoms with Crippen molar-refractivity contribution in [1.82, 2.24) is 5.32 Å². The third-order valence-electron chi connectivity index (χ3n) is 9.07. The highest BCUT2D eigenvalue weighted by molar-refractivity contribution is 4.52. The lowest BCUT2D eigenvalue weighted by molar-refractivity contribution is 0.123. The molecule has 0 aliphatic carbocycles. The van der Waals surface area contributed by atoms with Crippen molar-refractivity contribution in [2.75, 3.05) is 39.5 Å². The minimum atomic E-state index is 0.904. The van der Waals surface area contributed by atoms with Crippen LogP contribution in [-0.4, -0.2) is 39.5 Å². The average molecular weight is 610 g/mol. The summed E-state index contributed by atoms with van der Waals surface area (Å²) in [6.45, 7) is 10.4. The Balaban J connectivity index is 3.02. The third kappa shape index (κ3) is 41.9. The lowest BCUT2D eigenvalue weighted by Crippen LogP contribution is -2.19. The fourth-order valence-corrected chi connectivity index (χ4v) is 6.08. The predicted octanol–water partition coefficient (Wildman–Crippen LogP) is 13.1. The lowest BCUT2D eigenvalue weighted by Gasteiger charge is -2.07. The average Bonchev–Trinajstić information content (AvgIpc) is 3.02. The molecule has 0 amide bonds. The summed E-state index contributed by atoms with van der Waals surface area (Å²) in [7, 11) is 0. The summed E-state index contributed by atoms with van der Waals surface area (Å²) in [5.74, 6) is 0. The van der Waals surface area contributed by atoms with E-state index in [2.05, 4.69) is 19.2 Å². The highest BCUT2D eigenvalue weighted by atomic mass is 16.5. The first-order valence-electron chi connectivity index (χ1n) is 20.3. The maximum Gasteiger partial charge on any atom is 0.0478 e. The van der Waals surface area contributed by atoms with Gasteiger partial charge in [-0.05, 0) is 38.8 Å². The van der Waals surface area contributed by atoms with E-state index in [0.717, 1.165) is 52.4 Å². The van der Waals surface area contributed by atoms with Gasteiger partial charge in [0, 0.05) is 26.4 Å². The quantitative estimate of drug-likeness (QED) is 0.0701. The summed E-state index contributed by atoms with van der Waals surface area (Å²) >= 11 is 0. The van der Waals surface area contributed by atoms with Gasteiger partial charge in [-0.15, -0.1) is 0 Å². The van der Waals surface area contributed by atoms with Crippen LogP contribution < -0.4 is 5.32 Å². The number of nitrogens with one attached hydrogen (secondary N) is 1. The molecule has 260 valence electrons. The normalized spacial score (nSPS) is 11.6. The minimum absolute atomic E-state index is 0.904. The zero-order valence-corrected chi connectivity index (χ0v) is 30.2. The smallest absolute Gasteiger partial charge is 0.0478 e. The zero-order valence-electron chi connectivity index (χ0n) is 30.2. The summed E-state index contributed by atoms with van der Waals surface area (Å²) in [5, 5.41) is 3.54. The largest absolute Gasteiger partial charge is 0.381 e. The maximum atomic E-state index is 5.83. The van der Waals surface area contributed by atoms with Crippen LogP contribution in [-0.2, 0) is 9.47 Å². The molecule has 43 heavy (non-hydrogen) atoms. The fourth-order valence-electron chi connectivity index (χ4n) is 6.08. The molecule has 0 atom stereocenters. The number of hydrogen-bond donors (Lipinski definition) is 1. The monoisotopic (exact) mass is 610 g/mol. The Labute approximate surface area is 273 Å². The Morgan fingerprint density at radius 1 is 0.256 bits per heavy atom. The number of ether oxygens (including phenoxy) is 2. The predicted molar refractivity (Wildman–Crippen MR) is 194 cm³/mol. The minimum Gasteiger partial charge on any atom is -0.381 e. The first-order chi connectivity index (χ1) is 21.4. The molecule has 0 heterocycles. The highest BCUT2D eigenvalue weighted by Crippen LogP contribution is 2.14. The Morgan fingerprint density at radius 3 is 0.721 bits per heavy atom. The highest BCUT2D eigenvalue weighted by Gasteiger charge is 1.97. The van der Waals surface area contributed by atoms with Gasteiger partial charge in [-0.3, -0.25) is 0 Å². The van der Waals surface area contributed by atoms with E-state index in [4.69, 9.17) is 9.47 Å². The molecule has 3 nitrogen and oxygen atoms in total. The van der Waals surface area contributed by atoms with E-state index in [-0.39, 0.29) is 0 Å². The molecule has 0 unspecified atom stereocenters. The molecule has 0 aromatic rings. The fraction of sp³-hybridized carbons (Fsp3) is 1.00. The topological polar surface area (TPSA) is 30.5 Å². The van der Waals surface area contributed by atoms with Crippen LogP contribution in [0.2, 0.25) is 0 Å². The van der Waals surface area contributed by atoms with Crippen molar-refractivity contribution in [2.24, 2.45) is 0 Å². The van der Waals surface area contributed by atoms with Crippen LogP contribution in [0, 0.1) is 0 Å². The molecule has 0 rings (SSSR count). The second-order valence-electron chi connectivity index (χ2n) is 13.6. The Bertz CT molecular complexity index is 418. The van der Waals surface area contributed by atoms with Crippen molar-refractivity contribution < 1.29 is 9.47 Å². The van der Waals surface area contributed by atoms with Crippen LogP contribution in [0.4, 0.5) is 0 Å². The van der Waals surface area contributed by atoms with Crippen LogP contribution in [0.3, 0.4) is 0 Å². The molecule has 0 fully saturated rings. The molecule has 0 aromatic heterocycles. The number of unbranched alkanes of at least 4 members (excludes halogenated alkanes) is 28. The summed E-state index contributed by atoms with van der Waals surface area (Å²) in [4.78, 5) is 0. The molecule has 0 aliphatic heterocycles. The van der Waals surface area contributed by atoms with Gasteiger partial charge in [-0.25, -0.2) is 0 Å². The maximum absolute atomic E-state index is 5.83. The van der Waals surface area contributed by atoms with Gasteiger partial charge in [0.1, 0.15) is 0 Å². The van der Waals surface area contributed by atoms with E-state index in [9.17, 15) is 0 Å². The van der Waals surface area contributed by atoms with Crippen LogP contribution in [0.15, 0.2) is 0 Å². The molecular formula is C40H83NO2. The molecule has 0 spiro atoms. The van der Waals surface area contributed by atoms with Crippen molar-refractivity contribution in [3.8, 4) is 0 Å². The Kier molecular flexibility index (Phi) is 41.8. The van der Waals surface area contributed by atoms with Gasteiger partial charge in [-0.1, -0.05) is 194 Å². The van der Waals surface area contributed by atoms with Crippen molar-refractivity contribution in [1.29, 1.82) is 0 Å². The molecule has 1 N–H and O–H groups in total. The third-order valence-corrected chi connectivity index (χ3v) is 9.07. The second kappa shape index (κ2) is 41.9. The summed E-state index contributed by atoms with van der Waals surface area (Å²) in [6, 6.07) is 0. The number of rotatable bonds is 40. The standard InChI is InChI=1S/C40H83NO2/c1-3-5-7-9-11-13-15-17-19-20-22-24-26-28-30-32-38-43-40-34-36-41-35-33-39-42-37-31-29-27-25-23-21-18-16-14-12-10-8-6-4-2/h41H,3-40H2,1-2H3. The first kappa shape index (κ1) is 42.9.